The fourth-order valence-corrected chi connectivity index (χ4v) is 5.45. The second-order valence-electron chi connectivity index (χ2n) is 7.75. The van der Waals surface area contributed by atoms with Crippen LogP contribution in [0, 0.1) is 0 Å². The fraction of sp³-hybridized carbons (Fsp3) is 0.0400. The van der Waals surface area contributed by atoms with Gasteiger partial charge in [-0.1, -0.05) is 78.3 Å². The zero-order valence-electron chi connectivity index (χ0n) is 14.8. The summed E-state index contributed by atoms with van der Waals surface area (Å²) < 4.78 is 2.50. The Morgan fingerprint density at radius 2 is 1.41 bits per heavy atom. The van der Waals surface area contributed by atoms with Crippen molar-refractivity contribution >= 4 is 44.9 Å². The molecule has 0 N–H and O–H groups in total. The quantitative estimate of drug-likeness (QED) is 0.372. The van der Waals surface area contributed by atoms with Crippen LogP contribution in [0.4, 0.5) is 0 Å². The van der Waals surface area contributed by atoms with Crippen molar-refractivity contribution in [2.24, 2.45) is 0 Å². The molecule has 7 rings (SSSR count). The van der Waals surface area contributed by atoms with Gasteiger partial charge in [0.15, 0.2) is 0 Å². The van der Waals surface area contributed by atoms with Gasteiger partial charge in [-0.3, -0.25) is 0 Å². The zero-order chi connectivity index (χ0) is 17.5. The minimum Gasteiger partial charge on any atom is -0.310 e. The largest absolute Gasteiger partial charge is 0.310 e. The van der Waals surface area contributed by atoms with Crippen LogP contribution in [0.1, 0.15) is 11.1 Å². The second kappa shape index (κ2) is 4.72. The number of aromatic nitrogens is 1. The van der Waals surface area contributed by atoms with Crippen LogP contribution in [-0.2, 0) is 6.42 Å². The Bertz CT molecular complexity index is 1410. The maximum atomic E-state index is 2.50. The van der Waals surface area contributed by atoms with Crippen LogP contribution in [0.3, 0.4) is 0 Å². The molecule has 0 radical (unpaired) electrons. The molecular weight excluding hydrogens is 325 g/mol. The molecule has 2 aliphatic rings. The van der Waals surface area contributed by atoms with Crippen LogP contribution in [0.5, 0.6) is 0 Å². The standard InChI is InChI=1S/C25H16BN/c1-3-9-20-16(7-1)15-17-13-14-19-18-8-2-5-11-22(18)27-23-12-6-4-10-21(23)26(20)24(17)25(19)27/h1-14H,15H2. The summed E-state index contributed by atoms with van der Waals surface area (Å²) in [6.07, 6.45) is 1.03. The molecule has 0 atom stereocenters. The summed E-state index contributed by atoms with van der Waals surface area (Å²) in [7, 11) is 0. The van der Waals surface area contributed by atoms with Gasteiger partial charge in [-0.25, -0.2) is 0 Å². The van der Waals surface area contributed by atoms with Crippen molar-refractivity contribution in [3.63, 3.8) is 0 Å². The lowest BCUT2D eigenvalue weighted by atomic mass is 9.32. The monoisotopic (exact) mass is 341 g/mol. The van der Waals surface area contributed by atoms with Crippen LogP contribution in [0.2, 0.25) is 0 Å². The van der Waals surface area contributed by atoms with Crippen molar-refractivity contribution in [2.45, 2.75) is 6.42 Å². The fourth-order valence-electron chi connectivity index (χ4n) is 5.45. The Kier molecular flexibility index (Phi) is 2.43. The zero-order valence-corrected chi connectivity index (χ0v) is 14.8. The summed E-state index contributed by atoms with van der Waals surface area (Å²) in [5, 5.41) is 2.73. The maximum absolute atomic E-state index is 2.50. The van der Waals surface area contributed by atoms with Crippen LogP contribution in [0.25, 0.3) is 27.5 Å². The summed E-state index contributed by atoms with van der Waals surface area (Å²) in [5.41, 5.74) is 11.4. The molecule has 2 heteroatoms. The summed E-state index contributed by atoms with van der Waals surface area (Å²) in [5.74, 6) is 0. The molecule has 27 heavy (non-hydrogen) atoms. The smallest absolute Gasteiger partial charge is 0.247 e. The highest BCUT2D eigenvalue weighted by Crippen LogP contribution is 2.35. The highest BCUT2D eigenvalue weighted by molar-refractivity contribution is 6.98. The summed E-state index contributed by atoms with van der Waals surface area (Å²) >= 11 is 0. The first-order chi connectivity index (χ1) is 13.4. The predicted octanol–water partition coefficient (Wildman–Crippen LogP) is 3.52. The Morgan fingerprint density at radius 3 is 2.37 bits per heavy atom. The van der Waals surface area contributed by atoms with E-state index in [9.17, 15) is 0 Å². The molecule has 0 saturated heterocycles. The SMILES string of the molecule is c1ccc2c(c1)Cc1ccc3c4ccccc4n4c3c1B2c1ccccc1-4. The Labute approximate surface area is 158 Å². The molecule has 0 amide bonds. The molecule has 1 aromatic heterocycles. The predicted molar refractivity (Wildman–Crippen MR) is 115 cm³/mol. The van der Waals surface area contributed by atoms with Crippen molar-refractivity contribution < 1.29 is 0 Å². The lowest BCUT2D eigenvalue weighted by molar-refractivity contribution is 1.16. The molecule has 0 unspecified atom stereocenters. The van der Waals surface area contributed by atoms with E-state index in [2.05, 4.69) is 89.5 Å². The van der Waals surface area contributed by atoms with E-state index in [1.807, 2.05) is 0 Å². The highest BCUT2D eigenvalue weighted by Gasteiger charge is 2.38. The molecule has 0 aliphatic carbocycles. The van der Waals surface area contributed by atoms with Crippen molar-refractivity contribution in [1.29, 1.82) is 0 Å². The van der Waals surface area contributed by atoms with E-state index in [0.717, 1.165) is 6.42 Å². The molecule has 124 valence electrons. The topological polar surface area (TPSA) is 4.93 Å². The summed E-state index contributed by atoms with van der Waals surface area (Å²) in [6.45, 7) is 0.335. The van der Waals surface area contributed by atoms with Gasteiger partial charge in [0.1, 0.15) is 0 Å². The lowest BCUT2D eigenvalue weighted by Crippen LogP contribution is -2.60. The van der Waals surface area contributed by atoms with E-state index in [0.29, 0.717) is 6.71 Å². The van der Waals surface area contributed by atoms with E-state index >= 15 is 0 Å². The van der Waals surface area contributed by atoms with Crippen LogP contribution in [-0.4, -0.2) is 11.3 Å². The molecule has 0 spiro atoms. The van der Waals surface area contributed by atoms with Gasteiger partial charge in [0, 0.05) is 22.0 Å². The second-order valence-corrected chi connectivity index (χ2v) is 7.75. The molecule has 3 heterocycles. The Morgan fingerprint density at radius 1 is 0.630 bits per heavy atom. The highest BCUT2D eigenvalue weighted by atomic mass is 15.0. The number of para-hydroxylation sites is 2. The number of nitrogens with zero attached hydrogens (tertiary/aromatic N) is 1. The average Bonchev–Trinajstić information content (AvgIpc) is 3.07. The van der Waals surface area contributed by atoms with E-state index < -0.39 is 0 Å². The van der Waals surface area contributed by atoms with Crippen molar-refractivity contribution in [1.82, 2.24) is 4.57 Å². The normalized spacial score (nSPS) is 13.7. The number of hydrogen-bond donors (Lipinski definition) is 0. The Hall–Kier alpha value is -3.26. The van der Waals surface area contributed by atoms with Gasteiger partial charge in [-0.05, 0) is 40.6 Å². The average molecular weight is 341 g/mol. The summed E-state index contributed by atoms with van der Waals surface area (Å²) in [4.78, 5) is 0. The Balaban J connectivity index is 1.77. The number of rotatable bonds is 0. The van der Waals surface area contributed by atoms with Gasteiger partial charge in [-0.15, -0.1) is 0 Å². The van der Waals surface area contributed by atoms with Crippen molar-refractivity contribution in [3.8, 4) is 5.69 Å². The molecule has 0 bridgehead atoms. The third-order valence-corrected chi connectivity index (χ3v) is 6.49. The van der Waals surface area contributed by atoms with E-state index in [1.165, 1.54) is 55.0 Å². The lowest BCUT2D eigenvalue weighted by Gasteiger charge is -2.33. The molecule has 0 fully saturated rings. The number of hydrogen-bond acceptors (Lipinski definition) is 0. The minimum absolute atomic E-state index is 0.335. The number of fused-ring (bicyclic) bond motifs is 8. The molecule has 4 aromatic carbocycles. The van der Waals surface area contributed by atoms with Crippen LogP contribution < -0.4 is 16.4 Å². The third-order valence-electron chi connectivity index (χ3n) is 6.49. The maximum Gasteiger partial charge on any atom is 0.247 e. The van der Waals surface area contributed by atoms with E-state index in [4.69, 9.17) is 0 Å². The van der Waals surface area contributed by atoms with Gasteiger partial charge < -0.3 is 4.57 Å². The molecule has 0 saturated carbocycles. The molecule has 1 nitrogen and oxygen atoms in total. The molecule has 2 aliphatic heterocycles. The van der Waals surface area contributed by atoms with Gasteiger partial charge in [0.05, 0.1) is 5.52 Å². The third kappa shape index (κ3) is 1.58. The first kappa shape index (κ1) is 13.9. The molecule has 5 aromatic rings. The van der Waals surface area contributed by atoms with E-state index in [1.54, 1.807) is 0 Å². The molecular formula is C25H16BN. The first-order valence-corrected chi connectivity index (χ1v) is 9.64. The minimum atomic E-state index is 0.335. The van der Waals surface area contributed by atoms with Crippen molar-refractivity contribution in [3.05, 3.63) is 96.1 Å². The van der Waals surface area contributed by atoms with Crippen LogP contribution in [0.15, 0.2) is 84.9 Å². The van der Waals surface area contributed by atoms with Gasteiger partial charge >= 0.3 is 0 Å². The van der Waals surface area contributed by atoms with Gasteiger partial charge in [0.25, 0.3) is 0 Å². The first-order valence-electron chi connectivity index (χ1n) is 9.64. The van der Waals surface area contributed by atoms with Crippen molar-refractivity contribution in [2.75, 3.05) is 0 Å². The van der Waals surface area contributed by atoms with E-state index in [-0.39, 0.29) is 0 Å². The summed E-state index contributed by atoms with van der Waals surface area (Å²) in [6, 6.07) is 31.5. The van der Waals surface area contributed by atoms with Gasteiger partial charge in [0.2, 0.25) is 6.71 Å². The van der Waals surface area contributed by atoms with Gasteiger partial charge in [-0.2, -0.15) is 0 Å². The van der Waals surface area contributed by atoms with Crippen LogP contribution >= 0.6 is 0 Å². The number of benzene rings is 4.